The summed E-state index contributed by atoms with van der Waals surface area (Å²) in [7, 11) is 0. The SMILES string of the molecule is C=C1CC[C@H]2[C@@H](/C=C(\C)C(=O)[C@@]3(O)C[C@H](C)[C@H](O)[C@@H]3[C@H]1OCc1cn(CC(=O)N[C@H](C(=O)N3C[C@H](O)C[C@H]3C(=O)N[C@H](C)c3ccc(-c4scnc4C)cc3)C(C)(C)C)nn1)C2(C)C. The second-order valence-electron chi connectivity index (χ2n) is 20.5. The van der Waals surface area contributed by atoms with Gasteiger partial charge in [0, 0.05) is 13.0 Å². The van der Waals surface area contributed by atoms with Gasteiger partial charge in [-0.3, -0.25) is 19.2 Å². The van der Waals surface area contributed by atoms with Crippen LogP contribution in [0.3, 0.4) is 0 Å². The smallest absolute Gasteiger partial charge is 0.246 e. The van der Waals surface area contributed by atoms with Crippen LogP contribution in [0, 0.1) is 41.4 Å². The molecule has 3 aromatic rings. The molecule has 0 unspecified atom stereocenters. The van der Waals surface area contributed by atoms with Gasteiger partial charge in [0.1, 0.15) is 29.9 Å². The molecule has 346 valence electrons. The van der Waals surface area contributed by atoms with Crippen molar-refractivity contribution in [1.82, 2.24) is 35.5 Å². The van der Waals surface area contributed by atoms with E-state index in [0.29, 0.717) is 29.2 Å². The van der Waals surface area contributed by atoms with E-state index in [1.54, 1.807) is 24.5 Å². The van der Waals surface area contributed by atoms with Crippen molar-refractivity contribution in [2.45, 2.75) is 143 Å². The number of aliphatic hydroxyl groups excluding tert-OH is 2. The van der Waals surface area contributed by atoms with Gasteiger partial charge in [-0.1, -0.05) is 83.7 Å². The maximum Gasteiger partial charge on any atom is 0.246 e. The van der Waals surface area contributed by atoms with Crippen molar-refractivity contribution in [2.75, 3.05) is 6.54 Å². The molecule has 3 fully saturated rings. The fourth-order valence-corrected chi connectivity index (χ4v) is 11.2. The Morgan fingerprint density at radius 2 is 1.81 bits per heavy atom. The van der Waals surface area contributed by atoms with E-state index in [1.165, 1.54) is 9.58 Å². The molecule has 0 spiro atoms. The summed E-state index contributed by atoms with van der Waals surface area (Å²) in [5, 5.41) is 48.6. The molecular formula is C48H65N7O8S. The van der Waals surface area contributed by atoms with E-state index in [9.17, 15) is 34.5 Å². The molecule has 16 heteroatoms. The minimum atomic E-state index is -1.85. The summed E-state index contributed by atoms with van der Waals surface area (Å²) in [5.74, 6) is -2.58. The number of ether oxygens (including phenoxy) is 1. The number of hydrogen-bond donors (Lipinski definition) is 5. The van der Waals surface area contributed by atoms with E-state index >= 15 is 0 Å². The third kappa shape index (κ3) is 9.39. The molecule has 2 saturated carbocycles. The predicted octanol–water partition coefficient (Wildman–Crippen LogP) is 4.85. The number of nitrogens with one attached hydrogen (secondary N) is 2. The van der Waals surface area contributed by atoms with Crippen molar-refractivity contribution in [2.24, 2.45) is 34.5 Å². The van der Waals surface area contributed by atoms with Gasteiger partial charge in [-0.2, -0.15) is 0 Å². The third-order valence-electron chi connectivity index (χ3n) is 14.3. The minimum Gasteiger partial charge on any atom is -0.392 e. The van der Waals surface area contributed by atoms with Crippen LogP contribution >= 0.6 is 11.3 Å². The summed E-state index contributed by atoms with van der Waals surface area (Å²) in [6.45, 7) is 21.1. The van der Waals surface area contributed by atoms with Gasteiger partial charge in [-0.15, -0.1) is 16.4 Å². The van der Waals surface area contributed by atoms with E-state index in [1.807, 2.05) is 77.4 Å². The average Bonchev–Trinajstić information content (AvgIpc) is 3.84. The molecule has 1 aromatic carbocycles. The first-order valence-corrected chi connectivity index (χ1v) is 23.3. The number of thiazole rings is 1. The zero-order valence-corrected chi connectivity index (χ0v) is 39.3. The molecule has 1 aliphatic heterocycles. The highest BCUT2D eigenvalue weighted by molar-refractivity contribution is 7.13. The number of carbonyl (C=O) groups is 4. The number of aliphatic hydroxyl groups is 3. The molecule has 3 heterocycles. The lowest BCUT2D eigenvalue weighted by molar-refractivity contribution is -0.148. The van der Waals surface area contributed by atoms with Crippen LogP contribution in [0.2, 0.25) is 0 Å². The van der Waals surface area contributed by atoms with Crippen LogP contribution in [-0.2, 0) is 37.1 Å². The Labute approximate surface area is 379 Å². The highest BCUT2D eigenvalue weighted by atomic mass is 32.1. The van der Waals surface area contributed by atoms with Gasteiger partial charge in [0.15, 0.2) is 5.78 Å². The maximum absolute atomic E-state index is 14.3. The molecule has 11 atom stereocenters. The number of aromatic nitrogens is 4. The highest BCUT2D eigenvalue weighted by Gasteiger charge is 2.61. The lowest BCUT2D eigenvalue weighted by atomic mass is 9.77. The zero-order valence-electron chi connectivity index (χ0n) is 38.5. The fourth-order valence-electron chi connectivity index (χ4n) is 10.4. The van der Waals surface area contributed by atoms with Crippen molar-refractivity contribution >= 4 is 34.8 Å². The number of aryl methyl sites for hydroxylation is 1. The molecular weight excluding hydrogens is 835 g/mol. The summed E-state index contributed by atoms with van der Waals surface area (Å²) in [6.07, 6.45) is 2.30. The summed E-state index contributed by atoms with van der Waals surface area (Å²) in [5.41, 5.74) is 3.60. The van der Waals surface area contributed by atoms with E-state index in [4.69, 9.17) is 4.74 Å². The van der Waals surface area contributed by atoms with Crippen LogP contribution in [0.4, 0.5) is 0 Å². The number of amides is 3. The number of allylic oxidation sites excluding steroid dienone is 1. The minimum absolute atomic E-state index is 0.0122. The molecule has 4 aliphatic rings. The third-order valence-corrected chi connectivity index (χ3v) is 15.3. The fraction of sp³-hybridized carbons (Fsp3) is 0.604. The summed E-state index contributed by atoms with van der Waals surface area (Å²) in [4.78, 5) is 62.4. The first-order chi connectivity index (χ1) is 30.0. The largest absolute Gasteiger partial charge is 0.392 e. The Morgan fingerprint density at radius 3 is 2.47 bits per heavy atom. The molecule has 3 amide bonds. The summed E-state index contributed by atoms with van der Waals surface area (Å²) >= 11 is 1.56. The van der Waals surface area contributed by atoms with Crippen LogP contribution in [0.5, 0.6) is 0 Å². The van der Waals surface area contributed by atoms with Gasteiger partial charge in [0.2, 0.25) is 17.7 Å². The molecule has 3 aliphatic carbocycles. The van der Waals surface area contributed by atoms with Gasteiger partial charge in [-0.05, 0) is 90.9 Å². The normalized spacial score (nSPS) is 30.9. The number of β-amino-alcohol motifs (C(OH)–C–C–N with tert-alkyl or cyclic N) is 1. The number of carbonyl (C=O) groups excluding carboxylic acids is 4. The quantitative estimate of drug-likeness (QED) is 0.164. The Balaban J connectivity index is 0.993. The molecule has 15 nitrogen and oxygen atoms in total. The molecule has 7 rings (SSSR count). The van der Waals surface area contributed by atoms with Gasteiger partial charge in [0.05, 0.1) is 59.2 Å². The lowest BCUT2D eigenvalue weighted by Crippen LogP contribution is -2.58. The summed E-state index contributed by atoms with van der Waals surface area (Å²) in [6, 6.07) is 5.51. The van der Waals surface area contributed by atoms with Crippen molar-refractivity contribution in [1.29, 1.82) is 0 Å². The van der Waals surface area contributed by atoms with Gasteiger partial charge in [0.25, 0.3) is 0 Å². The molecule has 1 saturated heterocycles. The standard InChI is InChI=1S/C48H65N7O8S/c1-25-11-16-34-35(47(34,9)10)17-26(2)43(59)48(62)19-27(3)39(58)38(48)40(25)63-23-32-20-54(53-52-32)22-37(57)51-42(46(6,7)8)45(61)55-21-33(56)18-36(55)44(60)50-28(4)30-12-14-31(15-13-30)41-29(5)49-24-64-41/h12-15,17,20,24,27-28,33-36,38-40,42,56,58,62H,1,11,16,18-19,21-23H2,2-10H3,(H,50,60)(H,51,57)/b26-17+/t27-,28+,33+,34-,35+,36-,38+,39-,40-,42+,48+/m0/s1. The van der Waals surface area contributed by atoms with Crippen LogP contribution < -0.4 is 10.6 Å². The number of benzene rings is 1. The second kappa shape index (κ2) is 18.0. The van der Waals surface area contributed by atoms with E-state index in [0.717, 1.165) is 28.1 Å². The van der Waals surface area contributed by atoms with E-state index in [-0.39, 0.29) is 55.8 Å². The number of Topliss-reactive ketones (excluding diaryl/α,β-unsaturated/α-hetero) is 1. The van der Waals surface area contributed by atoms with Gasteiger partial charge in [-0.25, -0.2) is 9.67 Å². The number of likely N-dealkylation sites (tertiary alicyclic amines) is 1. The number of ketones is 1. The Hall–Kier alpha value is -4.61. The Morgan fingerprint density at radius 1 is 1.11 bits per heavy atom. The second-order valence-corrected chi connectivity index (χ2v) is 21.3. The number of fused-ring (bicyclic) bond motifs is 2. The topological polar surface area (TPSA) is 209 Å². The Kier molecular flexibility index (Phi) is 13.3. The average molecular weight is 900 g/mol. The molecule has 0 bridgehead atoms. The van der Waals surface area contributed by atoms with Crippen LogP contribution in [0.15, 0.2) is 59.8 Å². The lowest BCUT2D eigenvalue weighted by Gasteiger charge is -2.37. The number of nitrogens with zero attached hydrogens (tertiary/aromatic N) is 5. The van der Waals surface area contributed by atoms with Crippen molar-refractivity contribution < 1.29 is 39.2 Å². The highest BCUT2D eigenvalue weighted by Crippen LogP contribution is 2.62. The van der Waals surface area contributed by atoms with Crippen LogP contribution in [0.25, 0.3) is 10.4 Å². The number of rotatable bonds is 11. The van der Waals surface area contributed by atoms with Crippen molar-refractivity contribution in [3.63, 3.8) is 0 Å². The first kappa shape index (κ1) is 47.4. The monoisotopic (exact) mass is 899 g/mol. The molecule has 2 aromatic heterocycles. The predicted molar refractivity (Wildman–Crippen MR) is 241 cm³/mol. The molecule has 5 N–H and O–H groups in total. The summed E-state index contributed by atoms with van der Waals surface area (Å²) < 4.78 is 7.77. The van der Waals surface area contributed by atoms with Crippen molar-refractivity contribution in [3.05, 3.63) is 76.7 Å². The van der Waals surface area contributed by atoms with E-state index in [2.05, 4.69) is 46.4 Å². The maximum atomic E-state index is 14.3. The van der Waals surface area contributed by atoms with Crippen LogP contribution in [-0.4, -0.2) is 106 Å². The number of hydrogen-bond acceptors (Lipinski definition) is 12. The van der Waals surface area contributed by atoms with Gasteiger partial charge < -0.3 is 35.6 Å². The first-order valence-electron chi connectivity index (χ1n) is 22.4. The van der Waals surface area contributed by atoms with Gasteiger partial charge >= 0.3 is 0 Å². The molecule has 0 radical (unpaired) electrons. The van der Waals surface area contributed by atoms with Crippen molar-refractivity contribution in [3.8, 4) is 10.4 Å². The van der Waals surface area contributed by atoms with Crippen LogP contribution in [0.1, 0.15) is 104 Å². The Bertz CT molecular complexity index is 2300. The molecule has 64 heavy (non-hydrogen) atoms. The zero-order chi connectivity index (χ0) is 46.6. The van der Waals surface area contributed by atoms with E-state index < -0.39 is 70.8 Å².